The molecule has 2 rings (SSSR count). The summed E-state index contributed by atoms with van der Waals surface area (Å²) in [6.45, 7) is 0.241. The van der Waals surface area contributed by atoms with Crippen molar-refractivity contribution in [1.82, 2.24) is 5.32 Å². The first kappa shape index (κ1) is 19.2. The fraction of sp³-hybridized carbons (Fsp3) is 0.188. The van der Waals surface area contributed by atoms with E-state index in [1.165, 1.54) is 6.07 Å². The molecule has 0 heterocycles. The molecule has 0 saturated carbocycles. The van der Waals surface area contributed by atoms with Crippen molar-refractivity contribution in [2.75, 3.05) is 18.5 Å². The van der Waals surface area contributed by atoms with Gasteiger partial charge in [0.15, 0.2) is 0 Å². The van der Waals surface area contributed by atoms with Crippen molar-refractivity contribution in [3.63, 3.8) is 0 Å². The molecule has 0 saturated heterocycles. The lowest BCUT2D eigenvalue weighted by Gasteiger charge is -2.14. The first-order valence-electron chi connectivity index (χ1n) is 7.05. The minimum atomic E-state index is -4.63. The van der Waals surface area contributed by atoms with Gasteiger partial charge in [0.2, 0.25) is 0 Å². The lowest BCUT2D eigenvalue weighted by molar-refractivity contribution is -0.136. The number of benzene rings is 2. The average Bonchev–Trinajstić information content (AvgIpc) is 2.54. The lowest BCUT2D eigenvalue weighted by atomic mass is 10.1. The molecule has 0 radical (unpaired) electrons. The van der Waals surface area contributed by atoms with Crippen molar-refractivity contribution in [3.05, 3.63) is 58.1 Å². The zero-order chi connectivity index (χ0) is 18.4. The van der Waals surface area contributed by atoms with E-state index in [2.05, 4.69) is 10.6 Å². The highest BCUT2D eigenvalue weighted by Gasteiger charge is 2.34. The quantitative estimate of drug-likeness (QED) is 0.685. The molecular weight excluding hydrogens is 380 g/mol. The number of hydrogen-bond donors (Lipinski definition) is 2. The molecule has 0 atom stereocenters. The fourth-order valence-electron chi connectivity index (χ4n) is 1.89. The van der Waals surface area contributed by atoms with Gasteiger partial charge in [-0.3, -0.25) is 0 Å². The van der Waals surface area contributed by atoms with Crippen LogP contribution in [0.2, 0.25) is 10.0 Å². The molecule has 0 aliphatic rings. The number of amides is 2. The Hall–Kier alpha value is -2.12. The van der Waals surface area contributed by atoms with Crippen LogP contribution in [-0.2, 0) is 6.18 Å². The van der Waals surface area contributed by atoms with Crippen LogP contribution in [0.1, 0.15) is 5.56 Å². The number of carbonyl (C=O) groups excluding carboxylic acids is 1. The number of rotatable bonds is 5. The Morgan fingerprint density at radius 2 is 1.68 bits per heavy atom. The van der Waals surface area contributed by atoms with Crippen molar-refractivity contribution in [2.24, 2.45) is 0 Å². The summed E-state index contributed by atoms with van der Waals surface area (Å²) in [7, 11) is 0. The molecule has 2 aromatic carbocycles. The van der Waals surface area contributed by atoms with Crippen molar-refractivity contribution < 1.29 is 22.7 Å². The molecule has 4 nitrogen and oxygen atoms in total. The number of nitrogens with one attached hydrogen (secondary N) is 2. The Bertz CT molecular complexity index is 737. The molecular formula is C16H13Cl2F3N2O2. The molecule has 25 heavy (non-hydrogen) atoms. The maximum absolute atomic E-state index is 12.9. The third kappa shape index (κ3) is 6.03. The minimum Gasteiger partial charge on any atom is -0.492 e. The number of ether oxygens (including phenoxy) is 1. The van der Waals surface area contributed by atoms with Crippen LogP contribution in [0.4, 0.5) is 23.7 Å². The van der Waals surface area contributed by atoms with E-state index in [1.807, 2.05) is 0 Å². The van der Waals surface area contributed by atoms with Crippen molar-refractivity contribution in [2.45, 2.75) is 6.18 Å². The molecule has 0 fully saturated rings. The van der Waals surface area contributed by atoms with Gasteiger partial charge >= 0.3 is 12.2 Å². The Morgan fingerprint density at radius 3 is 2.32 bits per heavy atom. The number of urea groups is 1. The van der Waals surface area contributed by atoms with Crippen molar-refractivity contribution in [1.29, 1.82) is 0 Å². The second kappa shape index (κ2) is 8.31. The number of halogens is 5. The second-order valence-electron chi connectivity index (χ2n) is 4.87. The van der Waals surface area contributed by atoms with Crippen LogP contribution < -0.4 is 15.4 Å². The number of alkyl halides is 3. The average molecular weight is 393 g/mol. The predicted octanol–water partition coefficient (Wildman–Crippen LogP) is 5.21. The Labute approximate surface area is 151 Å². The predicted molar refractivity (Wildman–Crippen MR) is 90.4 cm³/mol. The Balaban J connectivity index is 1.85. The van der Waals surface area contributed by atoms with Crippen LogP contribution in [0.5, 0.6) is 5.75 Å². The van der Waals surface area contributed by atoms with Gasteiger partial charge in [-0.1, -0.05) is 23.2 Å². The maximum atomic E-state index is 12.9. The molecule has 0 aliphatic carbocycles. The van der Waals surface area contributed by atoms with Gasteiger partial charge in [0.25, 0.3) is 0 Å². The minimum absolute atomic E-state index is 0.0744. The van der Waals surface area contributed by atoms with Crippen molar-refractivity contribution in [3.8, 4) is 5.75 Å². The monoisotopic (exact) mass is 392 g/mol. The van der Waals surface area contributed by atoms with Crippen LogP contribution in [0.25, 0.3) is 0 Å². The lowest BCUT2D eigenvalue weighted by Crippen LogP contribution is -2.32. The van der Waals surface area contributed by atoms with Gasteiger partial charge in [-0.05, 0) is 42.5 Å². The molecule has 2 aromatic rings. The van der Waals surface area contributed by atoms with E-state index in [0.29, 0.717) is 10.8 Å². The first-order chi connectivity index (χ1) is 11.8. The molecule has 0 aliphatic heterocycles. The molecule has 134 valence electrons. The molecule has 0 aromatic heterocycles. The topological polar surface area (TPSA) is 50.4 Å². The third-order valence-electron chi connectivity index (χ3n) is 3.01. The summed E-state index contributed by atoms with van der Waals surface area (Å²) in [5.41, 5.74) is -1.40. The summed E-state index contributed by atoms with van der Waals surface area (Å²) in [6.07, 6.45) is -4.63. The fourth-order valence-corrected chi connectivity index (χ4v) is 2.19. The summed E-state index contributed by atoms with van der Waals surface area (Å²) in [5, 5.41) is 5.04. The molecule has 9 heteroatoms. The van der Waals surface area contributed by atoms with Gasteiger partial charge in [-0.2, -0.15) is 13.2 Å². The van der Waals surface area contributed by atoms with E-state index in [0.717, 1.165) is 12.1 Å². The van der Waals surface area contributed by atoms with Crippen LogP contribution in [0, 0.1) is 0 Å². The van der Waals surface area contributed by atoms with Gasteiger partial charge in [-0.25, -0.2) is 4.79 Å². The Morgan fingerprint density at radius 1 is 1.04 bits per heavy atom. The van der Waals surface area contributed by atoms with E-state index in [1.54, 1.807) is 24.3 Å². The van der Waals surface area contributed by atoms with Crippen LogP contribution in [0.3, 0.4) is 0 Å². The highest BCUT2D eigenvalue weighted by atomic mass is 35.5. The second-order valence-corrected chi connectivity index (χ2v) is 5.74. The first-order valence-corrected chi connectivity index (χ1v) is 7.81. The number of hydrogen-bond acceptors (Lipinski definition) is 2. The summed E-state index contributed by atoms with van der Waals surface area (Å²) in [5.74, 6) is 0.559. The summed E-state index contributed by atoms with van der Waals surface area (Å²) in [4.78, 5) is 11.7. The van der Waals surface area contributed by atoms with Gasteiger partial charge in [0, 0.05) is 10.0 Å². The van der Waals surface area contributed by atoms with Crippen LogP contribution in [0.15, 0.2) is 42.5 Å². The highest BCUT2D eigenvalue weighted by Crippen LogP contribution is 2.36. The zero-order valence-electron chi connectivity index (χ0n) is 12.7. The van der Waals surface area contributed by atoms with Gasteiger partial charge in [0.05, 0.1) is 17.8 Å². The van der Waals surface area contributed by atoms with Crippen LogP contribution in [-0.4, -0.2) is 19.2 Å². The molecule has 0 bridgehead atoms. The van der Waals surface area contributed by atoms with Crippen LogP contribution >= 0.6 is 23.2 Å². The summed E-state index contributed by atoms with van der Waals surface area (Å²) >= 11 is 11.3. The van der Waals surface area contributed by atoms with E-state index in [4.69, 9.17) is 27.9 Å². The SMILES string of the molecule is O=C(NCCOc1ccc(Cl)cc1)Nc1ccc(Cl)cc1C(F)(F)F. The van der Waals surface area contributed by atoms with Crippen molar-refractivity contribution >= 4 is 34.9 Å². The number of carbonyl (C=O) groups is 1. The van der Waals surface area contributed by atoms with Gasteiger partial charge < -0.3 is 15.4 Å². The zero-order valence-corrected chi connectivity index (χ0v) is 14.2. The number of anilines is 1. The van der Waals surface area contributed by atoms with E-state index in [9.17, 15) is 18.0 Å². The van der Waals surface area contributed by atoms with Gasteiger partial charge in [0.1, 0.15) is 12.4 Å². The molecule has 2 N–H and O–H groups in total. The highest BCUT2D eigenvalue weighted by molar-refractivity contribution is 6.31. The van der Waals surface area contributed by atoms with E-state index >= 15 is 0 Å². The molecule has 0 unspecified atom stereocenters. The maximum Gasteiger partial charge on any atom is 0.418 e. The standard InChI is InChI=1S/C16H13Cl2F3N2O2/c17-10-1-4-12(5-2-10)25-8-7-22-15(24)23-14-6-3-11(18)9-13(14)16(19,20)21/h1-6,9H,7-8H2,(H2,22,23,24). The normalized spacial score (nSPS) is 11.1. The Kier molecular flexibility index (Phi) is 6.39. The molecule has 2 amide bonds. The van der Waals surface area contributed by atoms with E-state index < -0.39 is 17.8 Å². The smallest absolute Gasteiger partial charge is 0.418 e. The van der Waals surface area contributed by atoms with Gasteiger partial charge in [-0.15, -0.1) is 0 Å². The summed E-state index contributed by atoms with van der Waals surface area (Å²) in [6, 6.07) is 8.93. The third-order valence-corrected chi connectivity index (χ3v) is 3.49. The molecule has 0 spiro atoms. The largest absolute Gasteiger partial charge is 0.492 e. The summed E-state index contributed by atoms with van der Waals surface area (Å²) < 4.78 is 44.2. The van der Waals surface area contributed by atoms with E-state index in [-0.39, 0.29) is 23.9 Å².